The van der Waals surface area contributed by atoms with Gasteiger partial charge in [0.1, 0.15) is 5.75 Å². The number of methoxy groups -OCH3 is 1. The second-order valence-corrected chi connectivity index (χ2v) is 11.8. The van der Waals surface area contributed by atoms with Crippen LogP contribution in [0.15, 0.2) is 91.3 Å². The van der Waals surface area contributed by atoms with Gasteiger partial charge in [0.2, 0.25) is 11.4 Å². The van der Waals surface area contributed by atoms with E-state index in [1.165, 1.54) is 77.4 Å². The Kier molecular flexibility index (Phi) is 5.75. The summed E-state index contributed by atoms with van der Waals surface area (Å²) in [6.45, 7) is 6.71. The molecule has 4 heterocycles. The summed E-state index contributed by atoms with van der Waals surface area (Å²) in [4.78, 5) is 0. The van der Waals surface area contributed by atoms with Gasteiger partial charge in [-0.2, -0.15) is 9.13 Å². The van der Waals surface area contributed by atoms with Gasteiger partial charge < -0.3 is 4.74 Å². The molecule has 0 saturated carbocycles. The Labute approximate surface area is 247 Å². The van der Waals surface area contributed by atoms with Crippen LogP contribution < -0.4 is 13.9 Å². The molecule has 3 nitrogen and oxygen atoms in total. The Bertz CT molecular complexity index is 2100. The van der Waals surface area contributed by atoms with E-state index in [9.17, 15) is 0 Å². The highest BCUT2D eigenvalue weighted by Gasteiger charge is 2.36. The van der Waals surface area contributed by atoms with Crippen LogP contribution in [-0.2, 0) is 25.9 Å². The number of benzene rings is 4. The Morgan fingerprint density at radius 2 is 1.24 bits per heavy atom. The fourth-order valence-corrected chi connectivity index (χ4v) is 7.14. The van der Waals surface area contributed by atoms with Crippen molar-refractivity contribution < 1.29 is 13.9 Å². The molecule has 0 aliphatic carbocycles. The lowest BCUT2D eigenvalue weighted by molar-refractivity contribution is -0.689. The van der Waals surface area contributed by atoms with Crippen LogP contribution in [0.1, 0.15) is 33.4 Å². The SMILES string of the molecule is COc1ccc2cc(/C=C/c3cc[n+]4c(c3)-c3c(c(C)c(C)c5c3-c3cc6ccccc6c[n+]3CC5)CC4)ccc2c1. The van der Waals surface area contributed by atoms with E-state index in [0.717, 1.165) is 31.7 Å². The summed E-state index contributed by atoms with van der Waals surface area (Å²) in [5.41, 5.74) is 13.9. The fraction of sp³-hybridized carbons (Fsp3) is 0.179. The number of fused-ring (bicyclic) bond motifs is 9. The molecule has 0 saturated heterocycles. The molecule has 0 spiro atoms. The number of hydrogen-bond acceptors (Lipinski definition) is 1. The Hall–Kier alpha value is -4.76. The van der Waals surface area contributed by atoms with E-state index in [4.69, 9.17) is 4.74 Å². The van der Waals surface area contributed by atoms with E-state index in [-0.39, 0.29) is 0 Å². The molecular weight excluding hydrogens is 512 g/mol. The lowest BCUT2D eigenvalue weighted by Crippen LogP contribution is -2.43. The fourth-order valence-electron chi connectivity index (χ4n) is 7.14. The number of ether oxygens (including phenoxy) is 1. The van der Waals surface area contributed by atoms with Crippen LogP contribution in [0.5, 0.6) is 5.75 Å². The third-order valence-electron chi connectivity index (χ3n) is 9.53. The molecule has 3 heteroatoms. The average molecular weight is 547 g/mol. The maximum atomic E-state index is 5.40. The molecule has 0 radical (unpaired) electrons. The summed E-state index contributed by atoms with van der Waals surface area (Å²) >= 11 is 0. The van der Waals surface area contributed by atoms with Crippen molar-refractivity contribution in [2.45, 2.75) is 39.8 Å². The lowest BCUT2D eigenvalue weighted by atomic mass is 9.79. The monoisotopic (exact) mass is 546 g/mol. The molecule has 204 valence electrons. The van der Waals surface area contributed by atoms with Crippen LogP contribution in [0.3, 0.4) is 0 Å². The molecule has 0 amide bonds. The van der Waals surface area contributed by atoms with Crippen LogP contribution >= 0.6 is 0 Å². The number of nitrogens with zero attached hydrogens (tertiary/aromatic N) is 2. The van der Waals surface area contributed by atoms with Crippen molar-refractivity contribution in [2.75, 3.05) is 7.11 Å². The maximum absolute atomic E-state index is 5.40. The minimum Gasteiger partial charge on any atom is -0.497 e. The van der Waals surface area contributed by atoms with Crippen molar-refractivity contribution in [1.82, 2.24) is 0 Å². The van der Waals surface area contributed by atoms with Crippen LogP contribution in [0.2, 0.25) is 0 Å². The molecule has 0 atom stereocenters. The molecule has 0 unspecified atom stereocenters. The summed E-state index contributed by atoms with van der Waals surface area (Å²) in [6, 6.07) is 28.7. The van der Waals surface area contributed by atoms with Crippen molar-refractivity contribution >= 4 is 33.7 Å². The van der Waals surface area contributed by atoms with Gasteiger partial charge in [0.05, 0.1) is 18.2 Å². The van der Waals surface area contributed by atoms with E-state index >= 15 is 0 Å². The molecule has 8 rings (SSSR count). The van der Waals surface area contributed by atoms with Crippen LogP contribution in [0.25, 0.3) is 56.2 Å². The Morgan fingerprint density at radius 3 is 2.00 bits per heavy atom. The highest BCUT2D eigenvalue weighted by Crippen LogP contribution is 2.43. The number of rotatable bonds is 3. The first-order valence-electron chi connectivity index (χ1n) is 14.9. The molecule has 4 aromatic carbocycles. The summed E-state index contributed by atoms with van der Waals surface area (Å²) in [6.07, 6.45) is 11.3. The predicted octanol–water partition coefficient (Wildman–Crippen LogP) is 7.81. The van der Waals surface area contributed by atoms with Gasteiger partial charge in [-0.25, -0.2) is 0 Å². The number of hydrogen-bond donors (Lipinski definition) is 0. The highest BCUT2D eigenvalue weighted by molar-refractivity contribution is 5.91. The molecule has 2 aromatic heterocycles. The van der Waals surface area contributed by atoms with Gasteiger partial charge in [0, 0.05) is 36.4 Å². The second-order valence-electron chi connectivity index (χ2n) is 11.8. The lowest BCUT2D eigenvalue weighted by Gasteiger charge is -2.27. The average Bonchev–Trinajstić information content (AvgIpc) is 3.04. The molecule has 0 N–H and O–H groups in total. The smallest absolute Gasteiger partial charge is 0.214 e. The van der Waals surface area contributed by atoms with Crippen molar-refractivity contribution in [1.29, 1.82) is 0 Å². The van der Waals surface area contributed by atoms with Gasteiger partial charge in [-0.05, 0) is 87.7 Å². The predicted molar refractivity (Wildman–Crippen MR) is 172 cm³/mol. The first-order valence-corrected chi connectivity index (χ1v) is 14.9. The van der Waals surface area contributed by atoms with Crippen LogP contribution in [-0.4, -0.2) is 7.11 Å². The zero-order valence-electron chi connectivity index (χ0n) is 24.4. The summed E-state index contributed by atoms with van der Waals surface area (Å²) in [7, 11) is 1.71. The molecular formula is C39H34N2O+2. The van der Waals surface area contributed by atoms with E-state index in [0.29, 0.717) is 0 Å². The van der Waals surface area contributed by atoms with Crippen LogP contribution in [0, 0.1) is 13.8 Å². The van der Waals surface area contributed by atoms with E-state index in [1.54, 1.807) is 7.11 Å². The number of pyridine rings is 2. The second kappa shape index (κ2) is 9.66. The van der Waals surface area contributed by atoms with Gasteiger partial charge >= 0.3 is 0 Å². The van der Waals surface area contributed by atoms with Crippen molar-refractivity contribution in [3.63, 3.8) is 0 Å². The summed E-state index contributed by atoms with van der Waals surface area (Å²) in [5.74, 6) is 0.888. The Morgan fingerprint density at radius 1 is 0.619 bits per heavy atom. The molecule has 2 aliphatic rings. The van der Waals surface area contributed by atoms with Crippen LogP contribution in [0.4, 0.5) is 0 Å². The van der Waals surface area contributed by atoms with Gasteiger partial charge in [-0.1, -0.05) is 48.6 Å². The van der Waals surface area contributed by atoms with Gasteiger partial charge in [-0.3, -0.25) is 0 Å². The standard InChI is InChI=1S/C39H34N2O/c1-25-26(2)35-16-19-41-24-32-7-5-4-6-29(32)23-37(41)39(35)38-34(25)15-18-40-17-14-28(21-36(38)40)9-8-27-10-11-31-22-33(42-3)13-12-30(31)20-27/h4-14,17,20-24H,15-16,18-19H2,1-3H3/q+2/b9-8+. The van der Waals surface area contributed by atoms with Crippen molar-refractivity contribution in [2.24, 2.45) is 0 Å². The number of aromatic nitrogens is 2. The minimum absolute atomic E-state index is 0.888. The zero-order chi connectivity index (χ0) is 28.4. The van der Waals surface area contributed by atoms with E-state index in [1.807, 2.05) is 6.07 Å². The molecule has 0 fully saturated rings. The van der Waals surface area contributed by atoms with Gasteiger partial charge in [0.15, 0.2) is 25.5 Å². The first-order chi connectivity index (χ1) is 20.6. The number of aryl methyl sites for hydroxylation is 2. The topological polar surface area (TPSA) is 17.0 Å². The third kappa shape index (κ3) is 3.95. The van der Waals surface area contributed by atoms with Crippen molar-refractivity contribution in [3.05, 3.63) is 125 Å². The van der Waals surface area contributed by atoms with E-state index in [2.05, 4.69) is 120 Å². The quantitative estimate of drug-likeness (QED) is 0.207. The minimum atomic E-state index is 0.888. The van der Waals surface area contributed by atoms with E-state index < -0.39 is 0 Å². The van der Waals surface area contributed by atoms with Gasteiger partial charge in [0.25, 0.3) is 0 Å². The van der Waals surface area contributed by atoms with Gasteiger partial charge in [-0.15, -0.1) is 0 Å². The summed E-state index contributed by atoms with van der Waals surface area (Å²) in [5, 5.41) is 5.01. The third-order valence-corrected chi connectivity index (χ3v) is 9.53. The normalized spacial score (nSPS) is 13.6. The zero-order valence-corrected chi connectivity index (χ0v) is 24.4. The van der Waals surface area contributed by atoms with Crippen molar-refractivity contribution in [3.8, 4) is 28.3 Å². The first kappa shape index (κ1) is 25.0. The molecule has 0 bridgehead atoms. The maximum Gasteiger partial charge on any atom is 0.214 e. The molecule has 2 aliphatic heterocycles. The largest absolute Gasteiger partial charge is 0.497 e. The highest BCUT2D eigenvalue weighted by atomic mass is 16.5. The Balaban J connectivity index is 1.26. The molecule has 42 heavy (non-hydrogen) atoms. The molecule has 6 aromatic rings. The summed E-state index contributed by atoms with van der Waals surface area (Å²) < 4.78 is 10.3.